The molecule has 8 heteroatoms. The van der Waals surface area contributed by atoms with Gasteiger partial charge in [0.15, 0.2) is 11.5 Å². The number of methoxy groups -OCH3 is 2. The zero-order chi connectivity index (χ0) is 19.3. The molecule has 0 spiro atoms. The van der Waals surface area contributed by atoms with Crippen molar-refractivity contribution in [3.63, 3.8) is 0 Å². The van der Waals surface area contributed by atoms with Gasteiger partial charge < -0.3 is 9.47 Å². The summed E-state index contributed by atoms with van der Waals surface area (Å²) in [6, 6.07) is 11.8. The van der Waals surface area contributed by atoms with Gasteiger partial charge >= 0.3 is 0 Å². The van der Waals surface area contributed by atoms with Gasteiger partial charge in [0.25, 0.3) is 0 Å². The highest BCUT2D eigenvalue weighted by Gasteiger charge is 2.17. The van der Waals surface area contributed by atoms with Gasteiger partial charge in [-0.25, -0.2) is 13.1 Å². The van der Waals surface area contributed by atoms with Gasteiger partial charge in [0, 0.05) is 36.8 Å². The maximum absolute atomic E-state index is 12.6. The van der Waals surface area contributed by atoms with Crippen LogP contribution < -0.4 is 14.2 Å². The molecule has 0 aliphatic rings. The molecule has 0 unspecified atom stereocenters. The second kappa shape index (κ2) is 8.15. The molecule has 0 aliphatic heterocycles. The Kier molecular flexibility index (Phi) is 5.68. The average molecular weight is 385 g/mol. The molecule has 2 heterocycles. The predicted molar refractivity (Wildman–Crippen MR) is 101 cm³/mol. The van der Waals surface area contributed by atoms with Crippen molar-refractivity contribution in [2.75, 3.05) is 14.2 Å². The van der Waals surface area contributed by atoms with E-state index in [9.17, 15) is 8.42 Å². The molecule has 140 valence electrons. The van der Waals surface area contributed by atoms with E-state index < -0.39 is 10.0 Å². The van der Waals surface area contributed by atoms with E-state index in [1.807, 2.05) is 18.2 Å². The third-order valence-corrected chi connectivity index (χ3v) is 5.33. The van der Waals surface area contributed by atoms with Gasteiger partial charge in [0.05, 0.1) is 24.8 Å². The molecule has 0 saturated heterocycles. The van der Waals surface area contributed by atoms with Crippen LogP contribution in [0.3, 0.4) is 0 Å². The van der Waals surface area contributed by atoms with Crippen molar-refractivity contribution in [1.82, 2.24) is 14.7 Å². The molecule has 7 nitrogen and oxygen atoms in total. The Morgan fingerprint density at radius 2 is 1.67 bits per heavy atom. The summed E-state index contributed by atoms with van der Waals surface area (Å²) in [5.41, 5.74) is 2.45. The minimum Gasteiger partial charge on any atom is -0.493 e. The molecular formula is C19H19N3O4S. The number of aromatic nitrogens is 2. The zero-order valence-electron chi connectivity index (χ0n) is 14.9. The van der Waals surface area contributed by atoms with Crippen molar-refractivity contribution >= 4 is 10.0 Å². The summed E-state index contributed by atoms with van der Waals surface area (Å²) in [4.78, 5) is 8.40. The van der Waals surface area contributed by atoms with Gasteiger partial charge in [-0.05, 0) is 42.0 Å². The van der Waals surface area contributed by atoms with Crippen LogP contribution in [0.4, 0.5) is 0 Å². The maximum atomic E-state index is 12.6. The number of ether oxygens (including phenoxy) is 2. The van der Waals surface area contributed by atoms with Crippen LogP contribution in [0.2, 0.25) is 0 Å². The van der Waals surface area contributed by atoms with Crippen molar-refractivity contribution in [3.05, 3.63) is 66.6 Å². The first kappa shape index (κ1) is 18.8. The number of pyridine rings is 2. The van der Waals surface area contributed by atoms with Crippen LogP contribution >= 0.6 is 0 Å². The van der Waals surface area contributed by atoms with Crippen LogP contribution in [0, 0.1) is 0 Å². The third kappa shape index (κ3) is 4.42. The Labute approximate surface area is 158 Å². The maximum Gasteiger partial charge on any atom is 0.241 e. The SMILES string of the molecule is COc1ccc(S(=O)(=O)NCc2ccnc(-c3ccncc3)c2)cc1OC. The summed E-state index contributed by atoms with van der Waals surface area (Å²) in [7, 11) is -0.758. The molecule has 27 heavy (non-hydrogen) atoms. The highest BCUT2D eigenvalue weighted by Crippen LogP contribution is 2.29. The minimum absolute atomic E-state index is 0.101. The molecule has 0 radical (unpaired) electrons. The van der Waals surface area contributed by atoms with Crippen molar-refractivity contribution in [1.29, 1.82) is 0 Å². The summed E-state index contributed by atoms with van der Waals surface area (Å²) in [5, 5.41) is 0. The Morgan fingerprint density at radius 1 is 0.926 bits per heavy atom. The molecule has 0 atom stereocenters. The van der Waals surface area contributed by atoms with Gasteiger partial charge in [0.2, 0.25) is 10.0 Å². The van der Waals surface area contributed by atoms with E-state index in [1.54, 1.807) is 30.7 Å². The molecule has 0 fully saturated rings. The summed E-state index contributed by atoms with van der Waals surface area (Å²) >= 11 is 0. The molecule has 0 bridgehead atoms. The van der Waals surface area contributed by atoms with E-state index in [0.29, 0.717) is 11.5 Å². The number of hydrogen-bond donors (Lipinski definition) is 1. The number of sulfonamides is 1. The first-order valence-electron chi connectivity index (χ1n) is 8.10. The molecule has 0 amide bonds. The van der Waals surface area contributed by atoms with Crippen molar-refractivity contribution < 1.29 is 17.9 Å². The number of nitrogens with one attached hydrogen (secondary N) is 1. The number of benzene rings is 1. The van der Waals surface area contributed by atoms with Crippen molar-refractivity contribution in [3.8, 4) is 22.8 Å². The summed E-state index contributed by atoms with van der Waals surface area (Å²) < 4.78 is 38.1. The monoisotopic (exact) mass is 385 g/mol. The molecule has 3 rings (SSSR count). The molecule has 1 N–H and O–H groups in total. The van der Waals surface area contributed by atoms with E-state index >= 15 is 0 Å². The van der Waals surface area contributed by atoms with Crippen LogP contribution in [0.15, 0.2) is 66.0 Å². The Hall–Kier alpha value is -2.97. The van der Waals surface area contributed by atoms with Gasteiger partial charge in [-0.15, -0.1) is 0 Å². The third-order valence-electron chi connectivity index (χ3n) is 3.93. The number of hydrogen-bond acceptors (Lipinski definition) is 6. The second-order valence-electron chi connectivity index (χ2n) is 5.63. The minimum atomic E-state index is -3.71. The lowest BCUT2D eigenvalue weighted by atomic mass is 10.1. The van der Waals surface area contributed by atoms with E-state index in [0.717, 1.165) is 16.8 Å². The lowest BCUT2D eigenvalue weighted by molar-refractivity contribution is 0.354. The predicted octanol–water partition coefficient (Wildman–Crippen LogP) is 2.64. The number of nitrogens with zero attached hydrogens (tertiary/aromatic N) is 2. The lowest BCUT2D eigenvalue weighted by Crippen LogP contribution is -2.23. The summed E-state index contributed by atoms with van der Waals surface area (Å²) in [6.45, 7) is 0.136. The zero-order valence-corrected chi connectivity index (χ0v) is 15.7. The van der Waals surface area contributed by atoms with Gasteiger partial charge in [-0.1, -0.05) is 0 Å². The molecule has 1 aromatic carbocycles. The summed E-state index contributed by atoms with van der Waals surface area (Å²) in [5.74, 6) is 0.817. The van der Waals surface area contributed by atoms with Crippen LogP contribution in [0.25, 0.3) is 11.3 Å². The van der Waals surface area contributed by atoms with E-state index in [2.05, 4.69) is 14.7 Å². The van der Waals surface area contributed by atoms with Crippen LogP contribution in [0.5, 0.6) is 11.5 Å². The van der Waals surface area contributed by atoms with Crippen LogP contribution in [-0.2, 0) is 16.6 Å². The van der Waals surface area contributed by atoms with E-state index in [1.165, 1.54) is 26.4 Å². The normalized spacial score (nSPS) is 11.2. The average Bonchev–Trinajstić information content (AvgIpc) is 2.72. The lowest BCUT2D eigenvalue weighted by Gasteiger charge is -2.11. The van der Waals surface area contributed by atoms with Crippen LogP contribution in [0.1, 0.15) is 5.56 Å². The topological polar surface area (TPSA) is 90.4 Å². The van der Waals surface area contributed by atoms with Crippen molar-refractivity contribution in [2.45, 2.75) is 11.4 Å². The Bertz CT molecular complexity index is 1020. The first-order chi connectivity index (χ1) is 13.0. The van der Waals surface area contributed by atoms with Crippen LogP contribution in [-0.4, -0.2) is 32.6 Å². The summed E-state index contributed by atoms with van der Waals surface area (Å²) in [6.07, 6.45) is 5.02. The fraction of sp³-hybridized carbons (Fsp3) is 0.158. The molecule has 0 saturated carbocycles. The Morgan fingerprint density at radius 3 is 2.37 bits per heavy atom. The highest BCUT2D eigenvalue weighted by atomic mass is 32.2. The smallest absolute Gasteiger partial charge is 0.241 e. The van der Waals surface area contributed by atoms with Crippen molar-refractivity contribution in [2.24, 2.45) is 0 Å². The first-order valence-corrected chi connectivity index (χ1v) is 9.59. The quantitative estimate of drug-likeness (QED) is 0.672. The second-order valence-corrected chi connectivity index (χ2v) is 7.39. The molecule has 3 aromatic rings. The van der Waals surface area contributed by atoms with E-state index in [4.69, 9.17) is 9.47 Å². The largest absolute Gasteiger partial charge is 0.493 e. The molecular weight excluding hydrogens is 366 g/mol. The standard InChI is InChI=1S/C19H19N3O4S/c1-25-18-4-3-16(12-19(18)26-2)27(23,24)22-13-14-5-10-21-17(11-14)15-6-8-20-9-7-15/h3-12,22H,13H2,1-2H3. The molecule has 2 aromatic heterocycles. The van der Waals surface area contributed by atoms with Gasteiger partial charge in [0.1, 0.15) is 0 Å². The highest BCUT2D eigenvalue weighted by molar-refractivity contribution is 7.89. The van der Waals surface area contributed by atoms with E-state index in [-0.39, 0.29) is 11.4 Å². The Balaban J connectivity index is 1.78. The fourth-order valence-electron chi connectivity index (χ4n) is 2.51. The van der Waals surface area contributed by atoms with Gasteiger partial charge in [-0.3, -0.25) is 9.97 Å². The fourth-order valence-corrected chi connectivity index (χ4v) is 3.54. The molecule has 0 aliphatic carbocycles. The number of rotatable bonds is 7. The van der Waals surface area contributed by atoms with Gasteiger partial charge in [-0.2, -0.15) is 0 Å².